The molecule has 2 nitrogen and oxygen atoms in total. The number of halogens is 1. The van der Waals surface area contributed by atoms with Crippen molar-refractivity contribution in [3.63, 3.8) is 0 Å². The molecule has 1 rings (SSSR count). The maximum absolute atomic E-state index is 10.4. The van der Waals surface area contributed by atoms with Crippen molar-refractivity contribution in [3.8, 4) is 0 Å². The fourth-order valence-corrected chi connectivity index (χ4v) is 1.87. The summed E-state index contributed by atoms with van der Waals surface area (Å²) in [5.74, 6) is -0.384. The topological polar surface area (TPSA) is 37.3 Å². The van der Waals surface area contributed by atoms with Crippen LogP contribution in [0.2, 0.25) is 5.02 Å². The molecule has 0 aliphatic heterocycles. The Kier molecular flexibility index (Phi) is 4.15. The molecule has 0 saturated heterocycles. The summed E-state index contributed by atoms with van der Waals surface area (Å²) in [6, 6.07) is 5.79. The van der Waals surface area contributed by atoms with E-state index in [1.807, 2.05) is 18.2 Å². The van der Waals surface area contributed by atoms with E-state index in [1.165, 1.54) is 0 Å². The monoisotopic (exact) mass is 226 g/mol. The third-order valence-electron chi connectivity index (χ3n) is 2.31. The van der Waals surface area contributed by atoms with Gasteiger partial charge in [-0.05, 0) is 29.5 Å². The lowest BCUT2D eigenvalue weighted by Gasteiger charge is -2.09. The molecule has 1 aromatic rings. The fourth-order valence-electron chi connectivity index (χ4n) is 1.45. The van der Waals surface area contributed by atoms with Gasteiger partial charge < -0.3 is 5.11 Å². The quantitative estimate of drug-likeness (QED) is 0.854. The molecule has 0 spiro atoms. The Morgan fingerprint density at radius 1 is 1.47 bits per heavy atom. The van der Waals surface area contributed by atoms with Gasteiger partial charge in [0, 0.05) is 11.4 Å². The van der Waals surface area contributed by atoms with Gasteiger partial charge in [0.2, 0.25) is 0 Å². The van der Waals surface area contributed by atoms with Crippen molar-refractivity contribution >= 4 is 17.6 Å². The van der Waals surface area contributed by atoms with Crippen molar-refractivity contribution in [1.29, 1.82) is 0 Å². The summed E-state index contributed by atoms with van der Waals surface area (Å²) in [5, 5.41) is 9.28. The average Bonchev–Trinajstić information content (AvgIpc) is 2.14. The van der Waals surface area contributed by atoms with E-state index < -0.39 is 5.97 Å². The zero-order valence-corrected chi connectivity index (χ0v) is 9.71. The third-order valence-corrected chi connectivity index (χ3v) is 2.64. The molecule has 15 heavy (non-hydrogen) atoms. The molecule has 0 fully saturated rings. The van der Waals surface area contributed by atoms with Gasteiger partial charge in [-0.3, -0.25) is 4.79 Å². The summed E-state index contributed by atoms with van der Waals surface area (Å²) < 4.78 is 0. The number of aliphatic carboxylic acids is 1. The number of hydrogen-bond donors (Lipinski definition) is 1. The third kappa shape index (κ3) is 3.56. The number of carbonyl (C=O) groups is 1. The zero-order valence-electron chi connectivity index (χ0n) is 8.96. The summed E-state index contributed by atoms with van der Waals surface area (Å²) in [7, 11) is 0. The van der Waals surface area contributed by atoms with Crippen LogP contribution in [0.15, 0.2) is 18.2 Å². The van der Waals surface area contributed by atoms with Crippen molar-refractivity contribution in [2.45, 2.75) is 32.6 Å². The Balaban J connectivity index is 2.77. The van der Waals surface area contributed by atoms with Crippen LogP contribution in [0, 0.1) is 0 Å². The standard InChI is InChI=1S/C12H15ClO2/c1-8(2)10-5-3-9(7-11(10)13)4-6-12(14)15/h3,5,7-8H,4,6H2,1-2H3,(H,14,15). The van der Waals surface area contributed by atoms with Crippen molar-refractivity contribution in [1.82, 2.24) is 0 Å². The minimum Gasteiger partial charge on any atom is -0.481 e. The lowest BCUT2D eigenvalue weighted by Crippen LogP contribution is -1.98. The molecule has 0 unspecified atom stereocenters. The van der Waals surface area contributed by atoms with Gasteiger partial charge in [0.25, 0.3) is 0 Å². The van der Waals surface area contributed by atoms with E-state index in [4.69, 9.17) is 16.7 Å². The van der Waals surface area contributed by atoms with Crippen LogP contribution < -0.4 is 0 Å². The van der Waals surface area contributed by atoms with Crippen LogP contribution in [-0.2, 0) is 11.2 Å². The van der Waals surface area contributed by atoms with Crippen LogP contribution in [0.5, 0.6) is 0 Å². The minimum absolute atomic E-state index is 0.150. The van der Waals surface area contributed by atoms with E-state index in [0.29, 0.717) is 12.3 Å². The first kappa shape index (κ1) is 12.1. The van der Waals surface area contributed by atoms with Crippen molar-refractivity contribution in [2.24, 2.45) is 0 Å². The number of benzene rings is 1. The molecule has 0 aromatic heterocycles. The second-order valence-corrected chi connectivity index (χ2v) is 4.31. The van der Waals surface area contributed by atoms with Gasteiger partial charge in [-0.25, -0.2) is 0 Å². The van der Waals surface area contributed by atoms with E-state index in [1.54, 1.807) is 0 Å². The fraction of sp³-hybridized carbons (Fsp3) is 0.417. The van der Waals surface area contributed by atoms with Crippen molar-refractivity contribution < 1.29 is 9.90 Å². The number of hydrogen-bond acceptors (Lipinski definition) is 1. The average molecular weight is 227 g/mol. The molecule has 1 aromatic carbocycles. The number of carboxylic acid groups (broad SMARTS) is 1. The second-order valence-electron chi connectivity index (χ2n) is 3.90. The Morgan fingerprint density at radius 2 is 2.13 bits per heavy atom. The highest BCUT2D eigenvalue weighted by Crippen LogP contribution is 2.25. The summed E-state index contributed by atoms with van der Waals surface area (Å²) in [4.78, 5) is 10.4. The normalized spacial score (nSPS) is 10.7. The first-order valence-corrected chi connectivity index (χ1v) is 5.38. The van der Waals surface area contributed by atoms with Gasteiger partial charge in [0.05, 0.1) is 0 Å². The lowest BCUT2D eigenvalue weighted by molar-refractivity contribution is -0.136. The number of aryl methyl sites for hydroxylation is 1. The molecule has 0 aliphatic rings. The molecule has 0 heterocycles. The van der Waals surface area contributed by atoms with Gasteiger partial charge in [-0.1, -0.05) is 37.6 Å². The summed E-state index contributed by atoms with van der Waals surface area (Å²) in [6.45, 7) is 4.16. The Bertz CT molecular complexity index is 359. The van der Waals surface area contributed by atoms with Gasteiger partial charge in [0.15, 0.2) is 0 Å². The van der Waals surface area contributed by atoms with Gasteiger partial charge >= 0.3 is 5.97 Å². The molecule has 0 saturated carbocycles. The molecule has 0 atom stereocenters. The largest absolute Gasteiger partial charge is 0.481 e. The SMILES string of the molecule is CC(C)c1ccc(CCC(=O)O)cc1Cl. The first-order chi connectivity index (χ1) is 7.00. The van der Waals surface area contributed by atoms with Crippen LogP contribution in [0.25, 0.3) is 0 Å². The number of carboxylic acids is 1. The maximum Gasteiger partial charge on any atom is 0.303 e. The Hall–Kier alpha value is -1.02. The molecule has 3 heteroatoms. The molecule has 0 bridgehead atoms. The molecule has 82 valence electrons. The van der Waals surface area contributed by atoms with Crippen LogP contribution in [-0.4, -0.2) is 11.1 Å². The molecule has 0 amide bonds. The van der Waals surface area contributed by atoms with Gasteiger partial charge in [-0.15, -0.1) is 0 Å². The molecular formula is C12H15ClO2. The minimum atomic E-state index is -0.779. The molecule has 0 aliphatic carbocycles. The Labute approximate surface area is 94.9 Å². The van der Waals surface area contributed by atoms with E-state index in [-0.39, 0.29) is 6.42 Å². The summed E-state index contributed by atoms with van der Waals surface area (Å²) in [6.07, 6.45) is 0.685. The van der Waals surface area contributed by atoms with E-state index >= 15 is 0 Å². The van der Waals surface area contributed by atoms with Crippen LogP contribution in [0.4, 0.5) is 0 Å². The maximum atomic E-state index is 10.4. The smallest absolute Gasteiger partial charge is 0.303 e. The summed E-state index contributed by atoms with van der Waals surface area (Å²) >= 11 is 6.09. The first-order valence-electron chi connectivity index (χ1n) is 5.01. The van der Waals surface area contributed by atoms with Gasteiger partial charge in [0.1, 0.15) is 0 Å². The van der Waals surface area contributed by atoms with Crippen LogP contribution in [0.3, 0.4) is 0 Å². The van der Waals surface area contributed by atoms with E-state index in [0.717, 1.165) is 16.1 Å². The highest BCUT2D eigenvalue weighted by Gasteiger charge is 2.06. The van der Waals surface area contributed by atoms with Crippen molar-refractivity contribution in [3.05, 3.63) is 34.3 Å². The molecule has 0 radical (unpaired) electrons. The predicted octanol–water partition coefficient (Wildman–Crippen LogP) is 3.48. The lowest BCUT2D eigenvalue weighted by atomic mass is 10.00. The summed E-state index contributed by atoms with van der Waals surface area (Å²) in [5.41, 5.74) is 2.09. The van der Waals surface area contributed by atoms with Crippen LogP contribution >= 0.6 is 11.6 Å². The van der Waals surface area contributed by atoms with Crippen molar-refractivity contribution in [2.75, 3.05) is 0 Å². The van der Waals surface area contributed by atoms with Gasteiger partial charge in [-0.2, -0.15) is 0 Å². The molecule has 1 N–H and O–H groups in total. The van der Waals surface area contributed by atoms with E-state index in [9.17, 15) is 4.79 Å². The van der Waals surface area contributed by atoms with E-state index in [2.05, 4.69) is 13.8 Å². The van der Waals surface area contributed by atoms with Crippen LogP contribution in [0.1, 0.15) is 37.3 Å². The highest BCUT2D eigenvalue weighted by atomic mass is 35.5. The number of rotatable bonds is 4. The second kappa shape index (κ2) is 5.17. The Morgan fingerprint density at radius 3 is 2.60 bits per heavy atom. The molecular weight excluding hydrogens is 212 g/mol. The zero-order chi connectivity index (χ0) is 11.4. The highest BCUT2D eigenvalue weighted by molar-refractivity contribution is 6.31. The predicted molar refractivity (Wildman–Crippen MR) is 61.5 cm³/mol.